The van der Waals surface area contributed by atoms with Gasteiger partial charge in [-0.3, -0.25) is 4.79 Å². The third kappa shape index (κ3) is 2.93. The van der Waals surface area contributed by atoms with Crippen molar-refractivity contribution >= 4 is 42.9 Å². The molecule has 0 aliphatic heterocycles. The minimum Gasteiger partial charge on any atom is -0.542 e. The van der Waals surface area contributed by atoms with Crippen LogP contribution in [0.15, 0.2) is 24.2 Å². The summed E-state index contributed by atoms with van der Waals surface area (Å²) in [6.45, 7) is 0. The number of carbonyl (C=O) groups excluding carboxylic acids is 2. The van der Waals surface area contributed by atoms with Gasteiger partial charge in [0.15, 0.2) is 6.20 Å². The largest absolute Gasteiger partial charge is 0.542 e. The van der Waals surface area contributed by atoms with Crippen LogP contribution in [0.5, 0.6) is 0 Å². The summed E-state index contributed by atoms with van der Waals surface area (Å²) in [5, 5.41) is 10.7. The summed E-state index contributed by atoms with van der Waals surface area (Å²) >= 11 is 3.39. The van der Waals surface area contributed by atoms with Crippen molar-refractivity contribution in [3.8, 4) is 0 Å². The molecule has 0 spiro atoms. The lowest BCUT2D eigenvalue weighted by atomic mass is 10.0. The minimum absolute atomic E-state index is 0.152. The number of alkyl halides is 3. The zero-order chi connectivity index (χ0) is 17.5. The normalized spacial score (nSPS) is 13.9. The van der Waals surface area contributed by atoms with Crippen molar-refractivity contribution in [1.29, 1.82) is 0 Å². The van der Waals surface area contributed by atoms with E-state index in [0.29, 0.717) is 10.2 Å². The molecular weight excluding hydrogens is 383 g/mol. The number of aromatic amines is 1. The van der Waals surface area contributed by atoms with Crippen molar-refractivity contribution in [3.05, 3.63) is 35.5 Å². The number of nitrogens with zero attached hydrogens (tertiary/aromatic N) is 1. The number of H-pyrrole nitrogens is 1. The number of allylic oxidation sites excluding steroid dienone is 1. The molecule has 6 nitrogen and oxygen atoms in total. The summed E-state index contributed by atoms with van der Waals surface area (Å²) in [7, 11) is 1.93. The van der Waals surface area contributed by atoms with Gasteiger partial charge in [0.05, 0.1) is 5.39 Å². The Morgan fingerprint density at radius 3 is 2.52 bits per heavy atom. The Balaban J connectivity index is 0.000000236. The fourth-order valence-electron chi connectivity index (χ4n) is 2.07. The number of aryl methyl sites for hydroxylation is 1. The summed E-state index contributed by atoms with van der Waals surface area (Å²) in [6.07, 6.45) is -1.43. The molecule has 2 heterocycles. The molecule has 0 fully saturated rings. The predicted molar refractivity (Wildman–Crippen MR) is 74.9 cm³/mol. The van der Waals surface area contributed by atoms with Crippen LogP contribution in [-0.4, -0.2) is 22.9 Å². The van der Waals surface area contributed by atoms with Crippen molar-refractivity contribution < 1.29 is 32.4 Å². The number of Topliss-reactive ketones (excluding diaryl/α,β-unsaturated/α-hetero) is 1. The number of carboxylic acid groups (broad SMARTS) is 1. The van der Waals surface area contributed by atoms with Gasteiger partial charge in [-0.05, 0) is 15.9 Å². The van der Waals surface area contributed by atoms with Crippen LogP contribution in [0.3, 0.4) is 0 Å². The smallest absolute Gasteiger partial charge is 0.430 e. The molecule has 2 aromatic rings. The average Bonchev–Trinajstić information content (AvgIpc) is 2.87. The number of hydrogen-bond acceptors (Lipinski definition) is 4. The molecule has 0 saturated carbocycles. The number of ketones is 1. The maximum atomic E-state index is 11.9. The Hall–Kier alpha value is -2.36. The number of carbonyl (C=O) groups is 2. The first kappa shape index (κ1) is 17.0. The Bertz CT molecular complexity index is 855. The fraction of sp³-hybridized carbons (Fsp3) is 0.154. The highest BCUT2D eigenvalue weighted by atomic mass is 79.9. The number of nitrogens with two attached hydrogens (primary N) is 1. The van der Waals surface area contributed by atoms with Gasteiger partial charge >= 0.3 is 6.18 Å². The molecule has 23 heavy (non-hydrogen) atoms. The third-order valence-electron chi connectivity index (χ3n) is 3.13. The zero-order valence-corrected chi connectivity index (χ0v) is 13.1. The third-order valence-corrected chi connectivity index (χ3v) is 3.93. The molecule has 3 N–H and O–H groups in total. The van der Waals surface area contributed by atoms with Gasteiger partial charge in [-0.25, -0.2) is 0 Å². The molecule has 3 rings (SSSR count). The molecule has 0 atom stereocenters. The number of carboxylic acids is 1. The summed E-state index contributed by atoms with van der Waals surface area (Å²) in [6, 6.07) is 1.97. The molecule has 0 radical (unpaired) electrons. The first-order chi connectivity index (χ1) is 10.6. The van der Waals surface area contributed by atoms with E-state index in [4.69, 9.17) is 15.6 Å². The van der Waals surface area contributed by atoms with Gasteiger partial charge in [-0.15, -0.1) is 0 Å². The van der Waals surface area contributed by atoms with Crippen molar-refractivity contribution in [1.82, 2.24) is 4.98 Å². The first-order valence-electron chi connectivity index (χ1n) is 6.04. The zero-order valence-electron chi connectivity index (χ0n) is 11.5. The molecule has 0 unspecified atom stereocenters. The van der Waals surface area contributed by atoms with Gasteiger partial charge < -0.3 is 20.6 Å². The van der Waals surface area contributed by atoms with Gasteiger partial charge in [-0.2, -0.15) is 17.7 Å². The second-order valence-corrected chi connectivity index (χ2v) is 5.40. The second-order valence-electron chi connectivity index (χ2n) is 4.61. The van der Waals surface area contributed by atoms with Crippen LogP contribution >= 0.6 is 15.9 Å². The summed E-state index contributed by atoms with van der Waals surface area (Å²) in [5.41, 5.74) is 7.55. The molecule has 0 aromatic carbocycles. The number of aliphatic carboxylic acids is 1. The molecule has 0 saturated heterocycles. The summed E-state index contributed by atoms with van der Waals surface area (Å²) in [4.78, 5) is 23.7. The summed E-state index contributed by atoms with van der Waals surface area (Å²) < 4.78 is 34.2. The van der Waals surface area contributed by atoms with Crippen LogP contribution in [0.4, 0.5) is 13.2 Å². The standard InChI is InChI=1S/C11H8BrN3O.C2HF3O2/c1-15-3-2-5-4-14-9-6(5)10(15)7(12)8(13)11(9)16;3-2(4,5)1(6)7/h2-4H,1H3,(H2,13,14,16);(H,6,7). The SMILES string of the molecule is C[n+]1ccc2c[nH]c3c2c1C(Br)=C(N)C3=O.O=C([O-])C(F)(F)F. The molecule has 1 aliphatic carbocycles. The molecule has 0 bridgehead atoms. The molecule has 122 valence electrons. The molecular formula is C13H9BrF3N3O3. The minimum atomic E-state index is -5.19. The van der Waals surface area contributed by atoms with E-state index >= 15 is 0 Å². The second kappa shape index (κ2) is 5.69. The topological polar surface area (TPSA) is 103 Å². The molecule has 1 aliphatic rings. The Kier molecular flexibility index (Phi) is 4.20. The van der Waals surface area contributed by atoms with Gasteiger partial charge in [-0.1, -0.05) is 0 Å². The lowest BCUT2D eigenvalue weighted by Gasteiger charge is -2.10. The summed E-state index contributed by atoms with van der Waals surface area (Å²) in [5.74, 6) is -3.16. The highest BCUT2D eigenvalue weighted by molar-refractivity contribution is 9.15. The van der Waals surface area contributed by atoms with E-state index in [1.54, 1.807) is 0 Å². The van der Waals surface area contributed by atoms with E-state index in [1.807, 2.05) is 30.1 Å². The van der Waals surface area contributed by atoms with E-state index in [1.165, 1.54) is 0 Å². The highest BCUT2D eigenvalue weighted by Gasteiger charge is 2.32. The number of hydrogen-bond donors (Lipinski definition) is 2. The number of pyridine rings is 1. The van der Waals surface area contributed by atoms with Crippen LogP contribution in [0.2, 0.25) is 0 Å². The van der Waals surface area contributed by atoms with Gasteiger partial charge in [0.1, 0.15) is 28.9 Å². The van der Waals surface area contributed by atoms with Crippen LogP contribution in [0, 0.1) is 0 Å². The number of nitrogens with one attached hydrogen (secondary N) is 1. The maximum Gasteiger partial charge on any atom is 0.430 e. The number of halogens is 4. The molecule has 2 aromatic heterocycles. The van der Waals surface area contributed by atoms with E-state index in [-0.39, 0.29) is 11.5 Å². The van der Waals surface area contributed by atoms with E-state index < -0.39 is 12.1 Å². The Labute approximate surface area is 135 Å². The van der Waals surface area contributed by atoms with Crippen LogP contribution in [0.1, 0.15) is 16.2 Å². The predicted octanol–water partition coefficient (Wildman–Crippen LogP) is 0.509. The van der Waals surface area contributed by atoms with Crippen LogP contribution in [-0.2, 0) is 11.8 Å². The fourth-order valence-corrected chi connectivity index (χ4v) is 2.73. The monoisotopic (exact) mass is 391 g/mol. The van der Waals surface area contributed by atoms with Gasteiger partial charge in [0.2, 0.25) is 11.5 Å². The van der Waals surface area contributed by atoms with Crippen LogP contribution < -0.4 is 15.4 Å². The van der Waals surface area contributed by atoms with Gasteiger partial charge in [0, 0.05) is 17.6 Å². The lowest BCUT2D eigenvalue weighted by Crippen LogP contribution is -2.37. The lowest BCUT2D eigenvalue weighted by molar-refractivity contribution is -0.672. The van der Waals surface area contributed by atoms with E-state index in [0.717, 1.165) is 16.5 Å². The quantitative estimate of drug-likeness (QED) is 0.638. The number of aromatic nitrogens is 2. The van der Waals surface area contributed by atoms with Crippen molar-refractivity contribution in [2.24, 2.45) is 12.8 Å². The average molecular weight is 392 g/mol. The molecule has 10 heteroatoms. The van der Waals surface area contributed by atoms with E-state index in [2.05, 4.69) is 20.9 Å². The van der Waals surface area contributed by atoms with E-state index in [9.17, 15) is 18.0 Å². The maximum absolute atomic E-state index is 11.9. The first-order valence-corrected chi connectivity index (χ1v) is 6.83. The van der Waals surface area contributed by atoms with Gasteiger partial charge in [0.25, 0.3) is 0 Å². The molecule has 0 amide bonds. The number of rotatable bonds is 0. The van der Waals surface area contributed by atoms with Crippen molar-refractivity contribution in [3.63, 3.8) is 0 Å². The van der Waals surface area contributed by atoms with Crippen molar-refractivity contribution in [2.45, 2.75) is 6.18 Å². The highest BCUT2D eigenvalue weighted by Crippen LogP contribution is 2.35. The van der Waals surface area contributed by atoms with Crippen LogP contribution in [0.25, 0.3) is 15.3 Å². The Morgan fingerprint density at radius 2 is 2.00 bits per heavy atom. The van der Waals surface area contributed by atoms with Crippen molar-refractivity contribution in [2.75, 3.05) is 0 Å². The Morgan fingerprint density at radius 1 is 1.43 bits per heavy atom.